The van der Waals surface area contributed by atoms with Crippen molar-refractivity contribution in [2.75, 3.05) is 31.6 Å². The molecule has 0 saturated carbocycles. The van der Waals surface area contributed by atoms with Gasteiger partial charge in [0.15, 0.2) is 0 Å². The second kappa shape index (κ2) is 7.54. The Labute approximate surface area is 108 Å². The van der Waals surface area contributed by atoms with Crippen molar-refractivity contribution in [2.45, 2.75) is 19.9 Å². The molecule has 3 nitrogen and oxygen atoms in total. The van der Waals surface area contributed by atoms with Crippen molar-refractivity contribution in [3.05, 3.63) is 28.8 Å². The third kappa shape index (κ3) is 4.19. The molecule has 0 radical (unpaired) electrons. The van der Waals surface area contributed by atoms with Gasteiger partial charge in [-0.15, -0.1) is 0 Å². The number of nitrogens with one attached hydrogen (secondary N) is 1. The van der Waals surface area contributed by atoms with E-state index in [2.05, 4.69) is 23.2 Å². The summed E-state index contributed by atoms with van der Waals surface area (Å²) in [7, 11) is 1.93. The molecule has 0 aliphatic carbocycles. The first-order chi connectivity index (χ1) is 8.22. The first kappa shape index (κ1) is 14.3. The van der Waals surface area contributed by atoms with E-state index in [0.717, 1.165) is 36.8 Å². The topological polar surface area (TPSA) is 35.5 Å². The number of aliphatic hydroxyl groups is 1. The Balaban J connectivity index is 2.93. The summed E-state index contributed by atoms with van der Waals surface area (Å²) in [6.45, 7) is 4.92. The molecule has 1 aromatic carbocycles. The molecule has 0 heterocycles. The predicted molar refractivity (Wildman–Crippen MR) is 73.8 cm³/mol. The van der Waals surface area contributed by atoms with E-state index in [4.69, 9.17) is 16.7 Å². The van der Waals surface area contributed by atoms with Gasteiger partial charge in [0.25, 0.3) is 0 Å². The van der Waals surface area contributed by atoms with E-state index in [-0.39, 0.29) is 6.61 Å². The normalized spacial score (nSPS) is 10.6. The molecular formula is C13H21ClN2O. The Bertz CT molecular complexity index is 344. The molecule has 0 saturated heterocycles. The molecule has 0 fully saturated rings. The van der Waals surface area contributed by atoms with Gasteiger partial charge in [0.2, 0.25) is 0 Å². The molecule has 0 bridgehead atoms. The molecule has 0 spiro atoms. The third-order valence-corrected chi connectivity index (χ3v) is 2.96. The number of nitrogens with zero attached hydrogens (tertiary/aromatic N) is 1. The van der Waals surface area contributed by atoms with Gasteiger partial charge in [-0.2, -0.15) is 0 Å². The van der Waals surface area contributed by atoms with Crippen LogP contribution >= 0.6 is 11.6 Å². The summed E-state index contributed by atoms with van der Waals surface area (Å²) < 4.78 is 0. The van der Waals surface area contributed by atoms with Crippen LogP contribution in [0.15, 0.2) is 18.2 Å². The largest absolute Gasteiger partial charge is 0.396 e. The molecule has 96 valence electrons. The highest BCUT2D eigenvalue weighted by atomic mass is 35.5. The number of halogens is 1. The Morgan fingerprint density at radius 1 is 1.41 bits per heavy atom. The average Bonchev–Trinajstić information content (AvgIpc) is 2.33. The maximum Gasteiger partial charge on any atom is 0.0447 e. The molecule has 0 aromatic heterocycles. The standard InChI is InChI=1S/C13H21ClN2O/c1-3-16(7-4-8-17)13-9-12(14)6-5-11(13)10-15-2/h5-6,9,15,17H,3-4,7-8,10H2,1-2H3. The Morgan fingerprint density at radius 3 is 2.76 bits per heavy atom. The van der Waals surface area contributed by atoms with E-state index in [1.54, 1.807) is 0 Å². The quantitative estimate of drug-likeness (QED) is 0.786. The van der Waals surface area contributed by atoms with Crippen LogP contribution < -0.4 is 10.2 Å². The van der Waals surface area contributed by atoms with Crippen molar-refractivity contribution in [3.63, 3.8) is 0 Å². The number of rotatable bonds is 7. The predicted octanol–water partition coefficient (Wildman–Crippen LogP) is 2.27. The highest BCUT2D eigenvalue weighted by Gasteiger charge is 2.09. The van der Waals surface area contributed by atoms with Crippen LogP contribution in [0.25, 0.3) is 0 Å². The Morgan fingerprint density at radius 2 is 2.18 bits per heavy atom. The van der Waals surface area contributed by atoms with Gasteiger partial charge in [0.05, 0.1) is 0 Å². The van der Waals surface area contributed by atoms with Crippen LogP contribution in [-0.2, 0) is 6.54 Å². The van der Waals surface area contributed by atoms with Crippen molar-refractivity contribution in [2.24, 2.45) is 0 Å². The molecule has 0 atom stereocenters. The number of anilines is 1. The van der Waals surface area contributed by atoms with Crippen LogP contribution in [0.4, 0.5) is 5.69 Å². The van der Waals surface area contributed by atoms with E-state index in [1.165, 1.54) is 5.56 Å². The highest BCUT2D eigenvalue weighted by Crippen LogP contribution is 2.25. The fourth-order valence-corrected chi connectivity index (χ4v) is 2.05. The summed E-state index contributed by atoms with van der Waals surface area (Å²) in [6, 6.07) is 5.96. The second-order valence-electron chi connectivity index (χ2n) is 3.96. The molecule has 17 heavy (non-hydrogen) atoms. The van der Waals surface area contributed by atoms with Crippen LogP contribution in [-0.4, -0.2) is 31.9 Å². The van der Waals surface area contributed by atoms with Crippen molar-refractivity contribution in [3.8, 4) is 0 Å². The highest BCUT2D eigenvalue weighted by molar-refractivity contribution is 6.30. The molecule has 1 rings (SSSR count). The van der Waals surface area contributed by atoms with E-state index in [0.29, 0.717) is 0 Å². The van der Waals surface area contributed by atoms with Gasteiger partial charge < -0.3 is 15.3 Å². The van der Waals surface area contributed by atoms with Crippen molar-refractivity contribution in [1.29, 1.82) is 0 Å². The van der Waals surface area contributed by atoms with E-state index in [1.807, 2.05) is 19.2 Å². The second-order valence-corrected chi connectivity index (χ2v) is 4.40. The zero-order valence-corrected chi connectivity index (χ0v) is 11.3. The van der Waals surface area contributed by atoms with Gasteiger partial charge in [0.1, 0.15) is 0 Å². The maximum absolute atomic E-state index is 8.92. The van der Waals surface area contributed by atoms with E-state index in [9.17, 15) is 0 Å². The minimum absolute atomic E-state index is 0.221. The van der Waals surface area contributed by atoms with Crippen LogP contribution in [0, 0.1) is 0 Å². The minimum Gasteiger partial charge on any atom is -0.396 e. The van der Waals surface area contributed by atoms with Crippen LogP contribution in [0.5, 0.6) is 0 Å². The SMILES string of the molecule is CCN(CCCO)c1cc(Cl)ccc1CNC. The first-order valence-electron chi connectivity index (χ1n) is 6.01. The van der Waals surface area contributed by atoms with Gasteiger partial charge in [-0.3, -0.25) is 0 Å². The summed E-state index contributed by atoms with van der Waals surface area (Å²) in [5, 5.41) is 12.8. The van der Waals surface area contributed by atoms with Crippen LogP contribution in [0.2, 0.25) is 5.02 Å². The number of benzene rings is 1. The lowest BCUT2D eigenvalue weighted by atomic mass is 10.1. The summed E-state index contributed by atoms with van der Waals surface area (Å²) in [4.78, 5) is 2.24. The summed E-state index contributed by atoms with van der Waals surface area (Å²) in [6.07, 6.45) is 0.777. The van der Waals surface area contributed by atoms with Crippen molar-refractivity contribution in [1.82, 2.24) is 5.32 Å². The van der Waals surface area contributed by atoms with Gasteiger partial charge >= 0.3 is 0 Å². The third-order valence-electron chi connectivity index (χ3n) is 2.72. The molecule has 2 N–H and O–H groups in total. The lowest BCUT2D eigenvalue weighted by Crippen LogP contribution is -2.26. The van der Waals surface area contributed by atoms with E-state index >= 15 is 0 Å². The van der Waals surface area contributed by atoms with Crippen molar-refractivity contribution < 1.29 is 5.11 Å². The maximum atomic E-state index is 8.92. The molecule has 0 unspecified atom stereocenters. The van der Waals surface area contributed by atoms with Gasteiger partial charge in [-0.25, -0.2) is 0 Å². The smallest absolute Gasteiger partial charge is 0.0447 e. The lowest BCUT2D eigenvalue weighted by Gasteiger charge is -2.25. The van der Waals surface area contributed by atoms with Gasteiger partial charge in [0, 0.05) is 37.0 Å². The van der Waals surface area contributed by atoms with E-state index < -0.39 is 0 Å². The zero-order chi connectivity index (χ0) is 12.7. The molecule has 0 aliphatic rings. The monoisotopic (exact) mass is 256 g/mol. The number of hydrogen-bond acceptors (Lipinski definition) is 3. The Kier molecular flexibility index (Phi) is 6.34. The fourth-order valence-electron chi connectivity index (χ4n) is 1.88. The molecule has 4 heteroatoms. The molecular weight excluding hydrogens is 236 g/mol. The van der Waals surface area contributed by atoms with Crippen LogP contribution in [0.1, 0.15) is 18.9 Å². The number of hydrogen-bond donors (Lipinski definition) is 2. The summed E-state index contributed by atoms with van der Waals surface area (Å²) in [5.74, 6) is 0. The Hall–Kier alpha value is -0.770. The first-order valence-corrected chi connectivity index (χ1v) is 6.39. The summed E-state index contributed by atoms with van der Waals surface area (Å²) in [5.41, 5.74) is 2.39. The summed E-state index contributed by atoms with van der Waals surface area (Å²) >= 11 is 6.06. The molecule has 1 aromatic rings. The zero-order valence-electron chi connectivity index (χ0n) is 10.5. The number of aliphatic hydroxyl groups excluding tert-OH is 1. The molecule has 0 aliphatic heterocycles. The van der Waals surface area contributed by atoms with Crippen LogP contribution in [0.3, 0.4) is 0 Å². The minimum atomic E-state index is 0.221. The van der Waals surface area contributed by atoms with Crippen molar-refractivity contribution >= 4 is 17.3 Å². The fraction of sp³-hybridized carbons (Fsp3) is 0.538. The average molecular weight is 257 g/mol. The van der Waals surface area contributed by atoms with Gasteiger partial charge in [-0.05, 0) is 38.1 Å². The lowest BCUT2D eigenvalue weighted by molar-refractivity contribution is 0.289. The molecule has 0 amide bonds. The van der Waals surface area contributed by atoms with Gasteiger partial charge in [-0.1, -0.05) is 17.7 Å².